The second-order valence-corrected chi connectivity index (χ2v) is 5.57. The molecule has 2 rings (SSSR count). The van der Waals surface area contributed by atoms with Gasteiger partial charge in [0.15, 0.2) is 5.12 Å². The standard InChI is InChI=1S/C12H15N3O2S/c1-8(16)18-10-5-12(17)15(7-10)9-3-4-11(13-2)14-6-9/h3-4,6,10H,5,7H2,1-2H3,(H,13,14). The number of hydrogen-bond acceptors (Lipinski definition) is 5. The Morgan fingerprint density at radius 1 is 1.56 bits per heavy atom. The van der Waals surface area contributed by atoms with Crippen molar-refractivity contribution in [2.24, 2.45) is 0 Å². The highest BCUT2D eigenvalue weighted by molar-refractivity contribution is 8.14. The molecule has 0 aliphatic carbocycles. The summed E-state index contributed by atoms with van der Waals surface area (Å²) in [5.41, 5.74) is 0.783. The number of pyridine rings is 1. The monoisotopic (exact) mass is 265 g/mol. The molecule has 0 saturated carbocycles. The first-order valence-electron chi connectivity index (χ1n) is 5.71. The van der Waals surface area contributed by atoms with Crippen molar-refractivity contribution in [1.82, 2.24) is 4.98 Å². The van der Waals surface area contributed by atoms with E-state index in [1.54, 1.807) is 18.1 Å². The number of nitrogens with one attached hydrogen (secondary N) is 1. The number of hydrogen-bond donors (Lipinski definition) is 1. The Morgan fingerprint density at radius 3 is 2.89 bits per heavy atom. The van der Waals surface area contributed by atoms with Gasteiger partial charge in [-0.1, -0.05) is 11.8 Å². The molecule has 0 radical (unpaired) electrons. The lowest BCUT2D eigenvalue weighted by Crippen LogP contribution is -2.25. The van der Waals surface area contributed by atoms with E-state index in [1.165, 1.54) is 18.7 Å². The molecule has 1 saturated heterocycles. The van der Waals surface area contributed by atoms with Crippen LogP contribution in [0.3, 0.4) is 0 Å². The van der Waals surface area contributed by atoms with Crippen molar-refractivity contribution in [2.45, 2.75) is 18.6 Å². The zero-order valence-electron chi connectivity index (χ0n) is 10.3. The molecule has 1 aromatic rings. The first kappa shape index (κ1) is 12.9. The van der Waals surface area contributed by atoms with Gasteiger partial charge in [0.25, 0.3) is 0 Å². The Labute approximate surface area is 110 Å². The van der Waals surface area contributed by atoms with Crippen molar-refractivity contribution in [3.8, 4) is 0 Å². The average molecular weight is 265 g/mol. The van der Waals surface area contributed by atoms with E-state index in [4.69, 9.17) is 0 Å². The smallest absolute Gasteiger partial charge is 0.228 e. The van der Waals surface area contributed by atoms with Gasteiger partial charge in [-0.15, -0.1) is 0 Å². The van der Waals surface area contributed by atoms with Crippen LogP contribution in [0.2, 0.25) is 0 Å². The van der Waals surface area contributed by atoms with Crippen LogP contribution in [0.1, 0.15) is 13.3 Å². The van der Waals surface area contributed by atoms with Crippen LogP contribution in [-0.4, -0.2) is 34.8 Å². The molecule has 0 spiro atoms. The molecule has 1 amide bonds. The summed E-state index contributed by atoms with van der Waals surface area (Å²) in [7, 11) is 1.79. The third-order valence-corrected chi connectivity index (χ3v) is 3.72. The first-order valence-corrected chi connectivity index (χ1v) is 6.59. The molecule has 1 fully saturated rings. The number of carbonyl (C=O) groups excluding carboxylic acids is 2. The molecule has 1 aliphatic heterocycles. The average Bonchev–Trinajstić information content (AvgIpc) is 2.69. The number of carbonyl (C=O) groups is 2. The van der Waals surface area contributed by atoms with Gasteiger partial charge >= 0.3 is 0 Å². The van der Waals surface area contributed by atoms with Crippen LogP contribution in [0.15, 0.2) is 18.3 Å². The molecule has 1 aliphatic rings. The van der Waals surface area contributed by atoms with Gasteiger partial charge < -0.3 is 10.2 Å². The van der Waals surface area contributed by atoms with E-state index in [0.29, 0.717) is 13.0 Å². The third-order valence-electron chi connectivity index (χ3n) is 2.74. The maximum Gasteiger partial charge on any atom is 0.228 e. The van der Waals surface area contributed by atoms with Crippen molar-refractivity contribution in [3.05, 3.63) is 18.3 Å². The fourth-order valence-electron chi connectivity index (χ4n) is 1.93. The molecular weight excluding hydrogens is 250 g/mol. The lowest BCUT2D eigenvalue weighted by molar-refractivity contribution is -0.117. The van der Waals surface area contributed by atoms with Gasteiger partial charge in [-0.25, -0.2) is 4.98 Å². The van der Waals surface area contributed by atoms with Crippen molar-refractivity contribution >= 4 is 34.3 Å². The van der Waals surface area contributed by atoms with Crippen LogP contribution in [0.5, 0.6) is 0 Å². The normalized spacial score (nSPS) is 19.1. The number of thioether (sulfide) groups is 1. The van der Waals surface area contributed by atoms with Gasteiger partial charge in [0.05, 0.1) is 11.9 Å². The van der Waals surface area contributed by atoms with E-state index < -0.39 is 0 Å². The van der Waals surface area contributed by atoms with Crippen molar-refractivity contribution < 1.29 is 9.59 Å². The molecule has 0 aromatic carbocycles. The summed E-state index contributed by atoms with van der Waals surface area (Å²) in [6, 6.07) is 3.69. The summed E-state index contributed by atoms with van der Waals surface area (Å²) in [5, 5.41) is 3.04. The molecule has 5 nitrogen and oxygen atoms in total. The highest BCUT2D eigenvalue weighted by Gasteiger charge is 2.31. The van der Waals surface area contributed by atoms with Gasteiger partial charge in [-0.3, -0.25) is 9.59 Å². The van der Waals surface area contributed by atoms with Crippen LogP contribution in [0, 0.1) is 0 Å². The van der Waals surface area contributed by atoms with E-state index in [-0.39, 0.29) is 16.3 Å². The topological polar surface area (TPSA) is 62.3 Å². The highest BCUT2D eigenvalue weighted by Crippen LogP contribution is 2.28. The summed E-state index contributed by atoms with van der Waals surface area (Å²) in [5.74, 6) is 0.813. The van der Waals surface area contributed by atoms with Crippen molar-refractivity contribution in [3.63, 3.8) is 0 Å². The van der Waals surface area contributed by atoms with Gasteiger partial charge in [0.1, 0.15) is 5.82 Å². The summed E-state index contributed by atoms with van der Waals surface area (Å²) >= 11 is 1.24. The van der Waals surface area contributed by atoms with Crippen LogP contribution in [0.25, 0.3) is 0 Å². The summed E-state index contributed by atoms with van der Waals surface area (Å²) in [6.45, 7) is 2.10. The number of anilines is 2. The first-order chi connectivity index (χ1) is 8.60. The zero-order chi connectivity index (χ0) is 13.1. The Morgan fingerprint density at radius 2 is 2.33 bits per heavy atom. The van der Waals surface area contributed by atoms with Gasteiger partial charge in [0.2, 0.25) is 5.91 Å². The van der Waals surface area contributed by atoms with Crippen LogP contribution in [0.4, 0.5) is 11.5 Å². The maximum atomic E-state index is 11.9. The lowest BCUT2D eigenvalue weighted by atomic mass is 10.3. The molecule has 0 bridgehead atoms. The Balaban J connectivity index is 2.08. The summed E-state index contributed by atoms with van der Waals surface area (Å²) in [6.07, 6.45) is 2.09. The largest absolute Gasteiger partial charge is 0.373 e. The maximum absolute atomic E-state index is 11.9. The fourth-order valence-corrected chi connectivity index (χ4v) is 2.85. The molecule has 96 valence electrons. The molecular formula is C12H15N3O2S. The fraction of sp³-hybridized carbons (Fsp3) is 0.417. The van der Waals surface area contributed by atoms with Crippen molar-refractivity contribution in [2.75, 3.05) is 23.8 Å². The number of aromatic nitrogens is 1. The second-order valence-electron chi connectivity index (χ2n) is 4.09. The Kier molecular flexibility index (Phi) is 3.86. The van der Waals surface area contributed by atoms with Gasteiger partial charge in [-0.05, 0) is 12.1 Å². The SMILES string of the molecule is CNc1ccc(N2CC(SC(C)=O)CC2=O)cn1. The lowest BCUT2D eigenvalue weighted by Gasteiger charge is -2.16. The second kappa shape index (κ2) is 5.39. The number of amides is 1. The Hall–Kier alpha value is -1.56. The molecule has 1 atom stereocenters. The minimum Gasteiger partial charge on any atom is -0.373 e. The quantitative estimate of drug-likeness (QED) is 0.897. The van der Waals surface area contributed by atoms with Crippen LogP contribution < -0.4 is 10.2 Å². The predicted octanol–water partition coefficient (Wildman–Crippen LogP) is 1.51. The number of nitrogens with zero attached hydrogens (tertiary/aromatic N) is 2. The number of rotatable bonds is 3. The van der Waals surface area contributed by atoms with Gasteiger partial charge in [-0.2, -0.15) is 0 Å². The van der Waals surface area contributed by atoms with E-state index in [9.17, 15) is 9.59 Å². The van der Waals surface area contributed by atoms with Crippen LogP contribution in [-0.2, 0) is 9.59 Å². The van der Waals surface area contributed by atoms with Gasteiger partial charge in [0, 0.05) is 32.2 Å². The zero-order valence-corrected chi connectivity index (χ0v) is 11.2. The van der Waals surface area contributed by atoms with E-state index in [0.717, 1.165) is 11.5 Å². The molecule has 1 aromatic heterocycles. The molecule has 18 heavy (non-hydrogen) atoms. The van der Waals surface area contributed by atoms with Crippen LogP contribution >= 0.6 is 11.8 Å². The minimum atomic E-state index is 0.0488. The predicted molar refractivity (Wildman–Crippen MR) is 72.8 cm³/mol. The van der Waals surface area contributed by atoms with E-state index in [1.807, 2.05) is 12.1 Å². The molecule has 1 unspecified atom stereocenters. The molecule has 1 N–H and O–H groups in total. The van der Waals surface area contributed by atoms with E-state index in [2.05, 4.69) is 10.3 Å². The Bertz CT molecular complexity index is 461. The van der Waals surface area contributed by atoms with E-state index >= 15 is 0 Å². The molecule has 2 heterocycles. The van der Waals surface area contributed by atoms with Crippen molar-refractivity contribution in [1.29, 1.82) is 0 Å². The molecule has 6 heteroatoms. The minimum absolute atomic E-state index is 0.0488. The third kappa shape index (κ3) is 2.81. The highest BCUT2D eigenvalue weighted by atomic mass is 32.2. The summed E-state index contributed by atoms with van der Waals surface area (Å²) in [4.78, 5) is 28.8. The summed E-state index contributed by atoms with van der Waals surface area (Å²) < 4.78 is 0.